The number of carbonyl (C=O) groups excluding carboxylic acids is 2. The van der Waals surface area contributed by atoms with Crippen molar-refractivity contribution < 1.29 is 19.1 Å². The molecule has 1 fully saturated rings. The number of amides is 2. The number of anilines is 1. The van der Waals surface area contributed by atoms with Gasteiger partial charge in [0.05, 0.1) is 24.2 Å². The number of pyridine rings is 1. The number of methoxy groups -OCH3 is 1. The van der Waals surface area contributed by atoms with Gasteiger partial charge in [-0.3, -0.25) is 15.1 Å². The number of fused-ring (bicyclic) bond motifs is 1. The van der Waals surface area contributed by atoms with Gasteiger partial charge < -0.3 is 18.9 Å². The minimum atomic E-state index is -0.598. The van der Waals surface area contributed by atoms with Gasteiger partial charge in [0.1, 0.15) is 16.4 Å². The fourth-order valence-corrected chi connectivity index (χ4v) is 4.74. The van der Waals surface area contributed by atoms with Gasteiger partial charge in [0.25, 0.3) is 5.91 Å². The maximum Gasteiger partial charge on any atom is 0.410 e. The highest BCUT2D eigenvalue weighted by Crippen LogP contribution is 2.38. The standard InChI is InChI=1S/C26H32ClN5O4/c1-16-14-17(11-12-28-16)23(33)30-24-29-19-9-10-20(35-5)21(27)22(19)32(24)18-8-6-7-13-31(15-18)25(34)36-26(2,3)4/h9-12,14,18H,6-8,13,15H2,1-5H3,(H,29,30,33). The highest BCUT2D eigenvalue weighted by Gasteiger charge is 2.30. The zero-order valence-electron chi connectivity index (χ0n) is 21.3. The summed E-state index contributed by atoms with van der Waals surface area (Å²) in [4.78, 5) is 36.7. The summed E-state index contributed by atoms with van der Waals surface area (Å²) >= 11 is 6.77. The van der Waals surface area contributed by atoms with Crippen LogP contribution in [-0.2, 0) is 4.74 Å². The Hall–Kier alpha value is -3.33. The molecule has 3 aromatic rings. The van der Waals surface area contributed by atoms with Crippen molar-refractivity contribution in [2.24, 2.45) is 0 Å². The number of halogens is 1. The maximum absolute atomic E-state index is 13.1. The van der Waals surface area contributed by atoms with E-state index in [-0.39, 0.29) is 18.0 Å². The molecule has 9 nitrogen and oxygen atoms in total. The molecule has 1 atom stereocenters. The van der Waals surface area contributed by atoms with E-state index in [9.17, 15) is 9.59 Å². The Morgan fingerprint density at radius 2 is 1.97 bits per heavy atom. The quantitative estimate of drug-likeness (QED) is 0.486. The van der Waals surface area contributed by atoms with Crippen molar-refractivity contribution >= 4 is 40.6 Å². The first-order valence-corrected chi connectivity index (χ1v) is 12.4. The number of nitrogens with one attached hydrogen (secondary N) is 1. The number of hydrogen-bond donors (Lipinski definition) is 1. The number of aromatic nitrogens is 3. The Balaban J connectivity index is 1.77. The second-order valence-corrected chi connectivity index (χ2v) is 10.3. The predicted molar refractivity (Wildman–Crippen MR) is 139 cm³/mol. The van der Waals surface area contributed by atoms with E-state index in [1.807, 2.05) is 38.3 Å². The van der Waals surface area contributed by atoms with E-state index in [4.69, 9.17) is 26.1 Å². The molecule has 192 valence electrons. The predicted octanol–water partition coefficient (Wildman–Crippen LogP) is 5.62. The monoisotopic (exact) mass is 513 g/mol. The molecule has 0 bridgehead atoms. The molecule has 0 radical (unpaired) electrons. The van der Waals surface area contributed by atoms with Gasteiger partial charge in [0.2, 0.25) is 5.95 Å². The molecular weight excluding hydrogens is 482 g/mol. The molecule has 1 aliphatic rings. The van der Waals surface area contributed by atoms with Gasteiger partial charge >= 0.3 is 6.09 Å². The molecular formula is C26H32ClN5O4. The highest BCUT2D eigenvalue weighted by atomic mass is 35.5. The molecule has 2 aromatic heterocycles. The van der Waals surface area contributed by atoms with E-state index in [1.54, 1.807) is 36.4 Å². The first-order chi connectivity index (χ1) is 17.1. The number of ether oxygens (including phenoxy) is 2. The number of nitrogens with zero attached hydrogens (tertiary/aromatic N) is 4. The van der Waals surface area contributed by atoms with E-state index < -0.39 is 5.60 Å². The number of carbonyl (C=O) groups is 2. The Morgan fingerprint density at radius 3 is 2.67 bits per heavy atom. The summed E-state index contributed by atoms with van der Waals surface area (Å²) in [5.41, 5.74) is 1.88. The molecule has 1 saturated heterocycles. The van der Waals surface area contributed by atoms with Crippen molar-refractivity contribution in [3.63, 3.8) is 0 Å². The lowest BCUT2D eigenvalue weighted by molar-refractivity contribution is 0.0238. The topological polar surface area (TPSA) is 98.6 Å². The van der Waals surface area contributed by atoms with Crippen molar-refractivity contribution in [2.75, 3.05) is 25.5 Å². The zero-order valence-corrected chi connectivity index (χ0v) is 22.1. The second kappa shape index (κ2) is 10.3. The first-order valence-electron chi connectivity index (χ1n) is 12.0. The van der Waals surface area contributed by atoms with Crippen LogP contribution in [0.3, 0.4) is 0 Å². The molecule has 0 spiro atoms. The van der Waals surface area contributed by atoms with Crippen LogP contribution >= 0.6 is 11.6 Å². The Labute approximate surface area is 215 Å². The van der Waals surface area contributed by atoms with Crippen LogP contribution in [0.1, 0.15) is 62.1 Å². The van der Waals surface area contributed by atoms with Gasteiger partial charge in [-0.15, -0.1) is 0 Å². The minimum absolute atomic E-state index is 0.191. The van der Waals surface area contributed by atoms with Crippen LogP contribution in [0.25, 0.3) is 11.0 Å². The van der Waals surface area contributed by atoms with E-state index >= 15 is 0 Å². The summed E-state index contributed by atoms with van der Waals surface area (Å²) in [5, 5.41) is 3.36. The molecule has 2 amide bonds. The molecule has 0 saturated carbocycles. The van der Waals surface area contributed by atoms with Crippen molar-refractivity contribution in [1.29, 1.82) is 0 Å². The average molecular weight is 514 g/mol. The normalized spacial score (nSPS) is 16.5. The molecule has 36 heavy (non-hydrogen) atoms. The summed E-state index contributed by atoms with van der Waals surface area (Å²) in [7, 11) is 1.55. The fraction of sp³-hybridized carbons (Fsp3) is 0.462. The molecule has 1 N–H and O–H groups in total. The van der Waals surface area contributed by atoms with E-state index in [1.165, 1.54) is 0 Å². The number of likely N-dealkylation sites (tertiary alicyclic amines) is 1. The summed E-state index contributed by atoms with van der Waals surface area (Å²) in [6.45, 7) is 8.37. The van der Waals surface area contributed by atoms with E-state index in [0.717, 1.165) is 25.0 Å². The highest BCUT2D eigenvalue weighted by molar-refractivity contribution is 6.36. The van der Waals surface area contributed by atoms with Crippen molar-refractivity contribution in [3.05, 3.63) is 46.7 Å². The number of rotatable bonds is 4. The summed E-state index contributed by atoms with van der Waals surface area (Å²) in [6, 6.07) is 6.74. The Morgan fingerprint density at radius 1 is 1.19 bits per heavy atom. The lowest BCUT2D eigenvalue weighted by Gasteiger charge is -2.29. The number of benzene rings is 1. The van der Waals surface area contributed by atoms with Crippen molar-refractivity contribution in [2.45, 2.75) is 58.6 Å². The van der Waals surface area contributed by atoms with Crippen LogP contribution < -0.4 is 10.1 Å². The summed E-state index contributed by atoms with van der Waals surface area (Å²) in [5.74, 6) is 0.555. The average Bonchev–Trinajstić information content (AvgIpc) is 2.99. The van der Waals surface area contributed by atoms with Crippen LogP contribution in [0.15, 0.2) is 30.5 Å². The third-order valence-electron chi connectivity index (χ3n) is 6.02. The van der Waals surface area contributed by atoms with Gasteiger partial charge in [-0.1, -0.05) is 11.6 Å². The van der Waals surface area contributed by atoms with Crippen LogP contribution in [0.4, 0.5) is 10.7 Å². The van der Waals surface area contributed by atoms with Gasteiger partial charge in [-0.25, -0.2) is 9.78 Å². The molecule has 10 heteroatoms. The lowest BCUT2D eigenvalue weighted by Crippen LogP contribution is -2.39. The Kier molecular flexibility index (Phi) is 7.40. The molecule has 1 unspecified atom stereocenters. The molecule has 1 aromatic carbocycles. The van der Waals surface area contributed by atoms with Gasteiger partial charge in [0, 0.05) is 30.5 Å². The molecule has 3 heterocycles. The minimum Gasteiger partial charge on any atom is -0.495 e. The third-order valence-corrected chi connectivity index (χ3v) is 6.39. The van der Waals surface area contributed by atoms with Gasteiger partial charge in [-0.2, -0.15) is 0 Å². The number of hydrogen-bond acceptors (Lipinski definition) is 6. The smallest absolute Gasteiger partial charge is 0.410 e. The van der Waals surface area contributed by atoms with E-state index in [0.29, 0.717) is 46.4 Å². The SMILES string of the molecule is COc1ccc2nc(NC(=O)c3ccnc(C)c3)n(C3CCCCN(C(=O)OC(C)(C)C)C3)c2c1Cl. The molecule has 1 aliphatic heterocycles. The third kappa shape index (κ3) is 5.56. The van der Waals surface area contributed by atoms with Crippen LogP contribution in [0.5, 0.6) is 5.75 Å². The van der Waals surface area contributed by atoms with Gasteiger partial charge in [0.15, 0.2) is 0 Å². The first kappa shape index (κ1) is 25.8. The Bertz CT molecular complexity index is 1280. The maximum atomic E-state index is 13.1. The fourth-order valence-electron chi connectivity index (χ4n) is 4.41. The summed E-state index contributed by atoms with van der Waals surface area (Å²) in [6.07, 6.45) is 3.74. The lowest BCUT2D eigenvalue weighted by atomic mass is 10.1. The van der Waals surface area contributed by atoms with Crippen molar-refractivity contribution in [1.82, 2.24) is 19.4 Å². The second-order valence-electron chi connectivity index (χ2n) is 9.97. The molecule has 4 rings (SSSR count). The van der Waals surface area contributed by atoms with E-state index in [2.05, 4.69) is 10.3 Å². The zero-order chi connectivity index (χ0) is 26.0. The largest absolute Gasteiger partial charge is 0.495 e. The number of imidazole rings is 1. The number of aryl methyl sites for hydroxylation is 1. The summed E-state index contributed by atoms with van der Waals surface area (Å²) < 4.78 is 13.0. The van der Waals surface area contributed by atoms with Gasteiger partial charge in [-0.05, 0) is 71.2 Å². The van der Waals surface area contributed by atoms with Crippen LogP contribution in [-0.4, -0.2) is 57.2 Å². The van der Waals surface area contributed by atoms with Crippen LogP contribution in [0.2, 0.25) is 5.02 Å². The van der Waals surface area contributed by atoms with Crippen LogP contribution in [0, 0.1) is 6.92 Å². The van der Waals surface area contributed by atoms with Crippen molar-refractivity contribution in [3.8, 4) is 5.75 Å². The molecule has 0 aliphatic carbocycles.